The summed E-state index contributed by atoms with van der Waals surface area (Å²) in [5.41, 5.74) is -0.164. The molecule has 2 atom stereocenters. The molecule has 1 aromatic carbocycles. The minimum atomic E-state index is -3.13. The molecule has 1 aromatic rings. The first-order valence-electron chi connectivity index (χ1n) is 7.15. The molecule has 0 spiro atoms. The zero-order valence-electron chi connectivity index (χ0n) is 12.5. The van der Waals surface area contributed by atoms with Crippen LogP contribution in [0.4, 0.5) is 0 Å². The van der Waals surface area contributed by atoms with E-state index in [-0.39, 0.29) is 12.1 Å². The second-order valence-corrected chi connectivity index (χ2v) is 9.16. The van der Waals surface area contributed by atoms with Crippen LogP contribution in [0.1, 0.15) is 25.7 Å². The quantitative estimate of drug-likeness (QED) is 0.866. The zero-order chi connectivity index (χ0) is 15.5. The van der Waals surface area contributed by atoms with Gasteiger partial charge in [0.25, 0.3) is 0 Å². The molecule has 2 N–H and O–H groups in total. The van der Waals surface area contributed by atoms with E-state index in [1.165, 1.54) is 6.26 Å². The van der Waals surface area contributed by atoms with Gasteiger partial charge < -0.3 is 10.4 Å². The lowest BCUT2D eigenvalue weighted by Gasteiger charge is -2.39. The molecular formula is C15H23NO3S2. The maximum absolute atomic E-state index is 11.5. The van der Waals surface area contributed by atoms with E-state index in [4.69, 9.17) is 0 Å². The number of hydrogen-bond donors (Lipinski definition) is 2. The topological polar surface area (TPSA) is 66.4 Å². The van der Waals surface area contributed by atoms with Crippen molar-refractivity contribution >= 4 is 21.6 Å². The van der Waals surface area contributed by atoms with Crippen molar-refractivity contribution in [2.45, 2.75) is 46.3 Å². The average Bonchev–Trinajstić information content (AvgIpc) is 2.47. The Morgan fingerprint density at radius 2 is 2.05 bits per heavy atom. The Labute approximate surface area is 131 Å². The molecule has 2 rings (SSSR count). The molecule has 0 aromatic heterocycles. The molecule has 1 aliphatic carbocycles. The lowest BCUT2D eigenvalue weighted by molar-refractivity contribution is 0.131. The highest BCUT2D eigenvalue weighted by Gasteiger charge is 2.34. The van der Waals surface area contributed by atoms with Crippen molar-refractivity contribution in [3.05, 3.63) is 24.3 Å². The normalized spacial score (nSPS) is 26.7. The van der Waals surface area contributed by atoms with Gasteiger partial charge in [0.2, 0.25) is 0 Å². The number of rotatable bonds is 5. The van der Waals surface area contributed by atoms with E-state index in [0.717, 1.165) is 30.6 Å². The predicted octanol–water partition coefficient (Wildman–Crippen LogP) is 2.08. The number of thioether (sulfide) groups is 1. The third-order valence-corrected chi connectivity index (χ3v) is 6.60. The summed E-state index contributed by atoms with van der Waals surface area (Å²) in [5.74, 6) is 0. The van der Waals surface area contributed by atoms with Crippen LogP contribution in [0.2, 0.25) is 0 Å². The Kier molecular flexibility index (Phi) is 5.35. The Bertz CT molecular complexity index is 565. The summed E-state index contributed by atoms with van der Waals surface area (Å²) in [5, 5.41) is 13.3. The highest BCUT2D eigenvalue weighted by molar-refractivity contribution is 8.00. The van der Waals surface area contributed by atoms with Gasteiger partial charge in [0.15, 0.2) is 9.84 Å². The van der Waals surface area contributed by atoms with Gasteiger partial charge in [-0.15, -0.1) is 11.8 Å². The van der Waals surface area contributed by atoms with Crippen molar-refractivity contribution in [2.24, 2.45) is 0 Å². The third kappa shape index (κ3) is 4.22. The van der Waals surface area contributed by atoms with Crippen LogP contribution in [0.15, 0.2) is 34.1 Å². The minimum Gasteiger partial charge on any atom is -0.394 e. The van der Waals surface area contributed by atoms with Crippen molar-refractivity contribution in [1.82, 2.24) is 5.32 Å². The summed E-state index contributed by atoms with van der Waals surface area (Å²) in [6.45, 7) is 0.160. The Balaban J connectivity index is 2.05. The number of aliphatic hydroxyl groups is 1. The standard InChI is InChI=1S/C15H23NO3S2/c1-16-15(11-17)9-3-4-13(10-15)20-12-5-7-14(8-6-12)21(2,18)19/h5-8,13,16-17H,3-4,9-11H2,1-2H3. The maximum Gasteiger partial charge on any atom is 0.175 e. The van der Waals surface area contributed by atoms with Gasteiger partial charge in [-0.1, -0.05) is 6.42 Å². The second kappa shape index (κ2) is 6.69. The van der Waals surface area contributed by atoms with Crippen LogP contribution < -0.4 is 5.32 Å². The molecule has 4 nitrogen and oxygen atoms in total. The molecule has 1 fully saturated rings. The fraction of sp³-hybridized carbons (Fsp3) is 0.600. The lowest BCUT2D eigenvalue weighted by atomic mass is 9.82. The van der Waals surface area contributed by atoms with Gasteiger partial charge in [-0.2, -0.15) is 0 Å². The first-order valence-corrected chi connectivity index (χ1v) is 9.92. The maximum atomic E-state index is 11.5. The molecule has 1 saturated carbocycles. The zero-order valence-corrected chi connectivity index (χ0v) is 14.1. The molecule has 0 heterocycles. The van der Waals surface area contributed by atoms with Crippen LogP contribution in [0.3, 0.4) is 0 Å². The van der Waals surface area contributed by atoms with Gasteiger partial charge >= 0.3 is 0 Å². The van der Waals surface area contributed by atoms with E-state index in [1.807, 2.05) is 19.2 Å². The number of aliphatic hydroxyl groups excluding tert-OH is 1. The van der Waals surface area contributed by atoms with Gasteiger partial charge in [-0.3, -0.25) is 0 Å². The lowest BCUT2D eigenvalue weighted by Crippen LogP contribution is -2.50. The van der Waals surface area contributed by atoms with Crippen molar-refractivity contribution in [1.29, 1.82) is 0 Å². The van der Waals surface area contributed by atoms with E-state index in [2.05, 4.69) is 5.32 Å². The van der Waals surface area contributed by atoms with E-state index in [9.17, 15) is 13.5 Å². The van der Waals surface area contributed by atoms with Gasteiger partial charge in [-0.25, -0.2) is 8.42 Å². The molecule has 0 saturated heterocycles. The predicted molar refractivity (Wildman–Crippen MR) is 86.5 cm³/mol. The summed E-state index contributed by atoms with van der Waals surface area (Å²) in [6, 6.07) is 7.07. The highest BCUT2D eigenvalue weighted by Crippen LogP contribution is 2.38. The summed E-state index contributed by atoms with van der Waals surface area (Å²) in [6.07, 6.45) is 5.38. The molecule has 6 heteroatoms. The van der Waals surface area contributed by atoms with Crippen LogP contribution in [0.25, 0.3) is 0 Å². The highest BCUT2D eigenvalue weighted by atomic mass is 32.2. The van der Waals surface area contributed by atoms with E-state index in [1.54, 1.807) is 23.9 Å². The van der Waals surface area contributed by atoms with E-state index in [0.29, 0.717) is 10.1 Å². The Morgan fingerprint density at radius 3 is 2.57 bits per heavy atom. The molecule has 0 aliphatic heterocycles. The number of hydrogen-bond acceptors (Lipinski definition) is 5. The van der Waals surface area contributed by atoms with E-state index >= 15 is 0 Å². The smallest absolute Gasteiger partial charge is 0.175 e. The van der Waals surface area contributed by atoms with Crippen molar-refractivity contribution in [2.75, 3.05) is 19.9 Å². The monoisotopic (exact) mass is 329 g/mol. The summed E-state index contributed by atoms with van der Waals surface area (Å²) in [7, 11) is -1.22. The van der Waals surface area contributed by atoms with Crippen molar-refractivity contribution < 1.29 is 13.5 Å². The third-order valence-electron chi connectivity index (χ3n) is 4.19. The Hall–Kier alpha value is -0.560. The van der Waals surface area contributed by atoms with Gasteiger partial charge in [0, 0.05) is 21.9 Å². The molecule has 0 amide bonds. The first-order chi connectivity index (χ1) is 9.88. The van der Waals surface area contributed by atoms with Crippen LogP contribution >= 0.6 is 11.8 Å². The molecule has 0 bridgehead atoms. The largest absolute Gasteiger partial charge is 0.394 e. The minimum absolute atomic E-state index is 0.160. The fourth-order valence-electron chi connectivity index (χ4n) is 2.82. The number of sulfone groups is 1. The first kappa shape index (κ1) is 16.8. The number of nitrogens with one attached hydrogen (secondary N) is 1. The van der Waals surface area contributed by atoms with Gasteiger partial charge in [0.1, 0.15) is 0 Å². The molecular weight excluding hydrogens is 306 g/mol. The average molecular weight is 329 g/mol. The van der Waals surface area contributed by atoms with Gasteiger partial charge in [-0.05, 0) is 50.6 Å². The Morgan fingerprint density at radius 1 is 1.38 bits per heavy atom. The van der Waals surface area contributed by atoms with Crippen LogP contribution in [-0.4, -0.2) is 44.2 Å². The van der Waals surface area contributed by atoms with Gasteiger partial charge in [0.05, 0.1) is 11.5 Å². The number of likely N-dealkylation sites (N-methyl/N-ethyl adjacent to an activating group) is 1. The summed E-state index contributed by atoms with van der Waals surface area (Å²) < 4.78 is 22.9. The second-order valence-electron chi connectivity index (χ2n) is 5.77. The summed E-state index contributed by atoms with van der Waals surface area (Å²) >= 11 is 1.77. The van der Waals surface area contributed by atoms with E-state index < -0.39 is 9.84 Å². The molecule has 2 unspecified atom stereocenters. The molecule has 21 heavy (non-hydrogen) atoms. The number of benzene rings is 1. The molecule has 118 valence electrons. The SMILES string of the molecule is CNC1(CO)CCCC(Sc2ccc(S(C)(=O)=O)cc2)C1. The molecule has 1 aliphatic rings. The van der Waals surface area contributed by atoms with Crippen molar-refractivity contribution in [3.63, 3.8) is 0 Å². The fourth-order valence-corrected chi connectivity index (χ4v) is 4.81. The molecule has 0 radical (unpaired) electrons. The summed E-state index contributed by atoms with van der Waals surface area (Å²) in [4.78, 5) is 1.44. The van der Waals surface area contributed by atoms with Crippen LogP contribution in [-0.2, 0) is 9.84 Å². The van der Waals surface area contributed by atoms with Crippen LogP contribution in [0.5, 0.6) is 0 Å². The van der Waals surface area contributed by atoms with Crippen molar-refractivity contribution in [3.8, 4) is 0 Å². The van der Waals surface area contributed by atoms with Crippen LogP contribution in [0, 0.1) is 0 Å².